The number of fused-ring (bicyclic) bond motifs is 1. The molecule has 2 aliphatic heterocycles. The first-order valence-corrected chi connectivity index (χ1v) is 8.02. The molecule has 5 nitrogen and oxygen atoms in total. The van der Waals surface area contributed by atoms with Gasteiger partial charge in [-0.1, -0.05) is 18.2 Å². The first kappa shape index (κ1) is 13.8. The monoisotopic (exact) mass is 299 g/mol. The maximum atomic E-state index is 12.7. The summed E-state index contributed by atoms with van der Waals surface area (Å²) in [5.74, 6) is 0.167. The number of ether oxygens (including phenoxy) is 1. The highest BCUT2D eigenvalue weighted by molar-refractivity contribution is 5.82. The molecule has 2 aromatic rings. The van der Waals surface area contributed by atoms with Gasteiger partial charge in [0.2, 0.25) is 5.91 Å². The number of likely N-dealkylation sites (tertiary alicyclic amines) is 1. The molecule has 5 heteroatoms. The zero-order chi connectivity index (χ0) is 15.0. The number of hydrogen-bond donors (Lipinski definition) is 0. The quantitative estimate of drug-likeness (QED) is 0.853. The van der Waals surface area contributed by atoms with Gasteiger partial charge in [-0.3, -0.25) is 9.48 Å². The topological polar surface area (TPSA) is 47.4 Å². The van der Waals surface area contributed by atoms with Gasteiger partial charge in [0.15, 0.2) is 0 Å². The average molecular weight is 299 g/mol. The van der Waals surface area contributed by atoms with Crippen LogP contribution < -0.4 is 0 Å². The smallest absolute Gasteiger partial charge is 0.244 e. The largest absolute Gasteiger partial charge is 0.381 e. The van der Waals surface area contributed by atoms with Crippen LogP contribution in [-0.4, -0.2) is 46.9 Å². The summed E-state index contributed by atoms with van der Waals surface area (Å²) < 4.78 is 7.38. The molecule has 2 aliphatic rings. The van der Waals surface area contributed by atoms with Gasteiger partial charge in [-0.25, -0.2) is 0 Å². The average Bonchev–Trinajstić information content (AvgIpc) is 3.15. The molecule has 2 saturated heterocycles. The van der Waals surface area contributed by atoms with Gasteiger partial charge in [-0.2, -0.15) is 5.10 Å². The lowest BCUT2D eigenvalue weighted by molar-refractivity contribution is -0.135. The lowest BCUT2D eigenvalue weighted by atomic mass is 9.79. The van der Waals surface area contributed by atoms with E-state index in [2.05, 4.69) is 5.10 Å². The Balaban J connectivity index is 1.50. The first-order valence-electron chi connectivity index (χ1n) is 8.02. The Morgan fingerprint density at radius 3 is 3.09 bits per heavy atom. The van der Waals surface area contributed by atoms with Crippen LogP contribution in [0.2, 0.25) is 0 Å². The van der Waals surface area contributed by atoms with Gasteiger partial charge in [-0.05, 0) is 25.3 Å². The molecular formula is C17H21N3O2. The number of amides is 1. The van der Waals surface area contributed by atoms with E-state index in [9.17, 15) is 4.79 Å². The number of piperidine rings is 1. The highest BCUT2D eigenvalue weighted by atomic mass is 16.5. The third-order valence-corrected chi connectivity index (χ3v) is 5.04. The Morgan fingerprint density at radius 2 is 2.23 bits per heavy atom. The van der Waals surface area contributed by atoms with Gasteiger partial charge in [0.05, 0.1) is 18.3 Å². The molecule has 22 heavy (non-hydrogen) atoms. The minimum atomic E-state index is 0.167. The van der Waals surface area contributed by atoms with Crippen molar-refractivity contribution in [2.45, 2.75) is 25.8 Å². The van der Waals surface area contributed by atoms with Crippen LogP contribution in [0.25, 0.3) is 10.9 Å². The second-order valence-electron chi connectivity index (χ2n) is 6.58. The van der Waals surface area contributed by atoms with E-state index in [0.717, 1.165) is 50.0 Å². The zero-order valence-corrected chi connectivity index (χ0v) is 12.7. The molecule has 1 aromatic heterocycles. The lowest BCUT2D eigenvalue weighted by Gasteiger charge is -2.39. The Bertz CT molecular complexity index is 688. The molecule has 0 bridgehead atoms. The molecule has 1 amide bonds. The van der Waals surface area contributed by atoms with Crippen LogP contribution in [0, 0.1) is 5.41 Å². The number of aromatic nitrogens is 2. The molecule has 116 valence electrons. The number of para-hydroxylation sites is 1. The number of benzene rings is 1. The molecule has 0 unspecified atom stereocenters. The van der Waals surface area contributed by atoms with Crippen molar-refractivity contribution in [3.8, 4) is 0 Å². The molecule has 1 aromatic carbocycles. The van der Waals surface area contributed by atoms with Crippen LogP contribution in [0.5, 0.6) is 0 Å². The van der Waals surface area contributed by atoms with Gasteiger partial charge in [-0.15, -0.1) is 0 Å². The van der Waals surface area contributed by atoms with Crippen molar-refractivity contribution >= 4 is 16.8 Å². The second kappa shape index (κ2) is 5.39. The molecular weight excluding hydrogens is 278 g/mol. The number of carbonyl (C=O) groups excluding carboxylic acids is 1. The van der Waals surface area contributed by atoms with Gasteiger partial charge >= 0.3 is 0 Å². The Hall–Kier alpha value is -1.88. The minimum Gasteiger partial charge on any atom is -0.381 e. The van der Waals surface area contributed by atoms with Crippen molar-refractivity contribution in [3.05, 3.63) is 30.5 Å². The van der Waals surface area contributed by atoms with Crippen LogP contribution in [-0.2, 0) is 16.1 Å². The maximum Gasteiger partial charge on any atom is 0.244 e. The van der Waals surface area contributed by atoms with E-state index in [0.29, 0.717) is 6.54 Å². The van der Waals surface area contributed by atoms with E-state index in [-0.39, 0.29) is 11.3 Å². The molecule has 0 saturated carbocycles. The minimum absolute atomic E-state index is 0.167. The summed E-state index contributed by atoms with van der Waals surface area (Å²) in [6.45, 7) is 3.67. The molecule has 1 spiro atoms. The van der Waals surface area contributed by atoms with E-state index >= 15 is 0 Å². The number of nitrogens with zero attached hydrogens (tertiary/aromatic N) is 3. The van der Waals surface area contributed by atoms with E-state index in [1.165, 1.54) is 6.42 Å². The summed E-state index contributed by atoms with van der Waals surface area (Å²) in [7, 11) is 0. The lowest BCUT2D eigenvalue weighted by Crippen LogP contribution is -2.47. The molecule has 4 rings (SSSR count). The molecule has 2 fully saturated rings. The van der Waals surface area contributed by atoms with Crippen molar-refractivity contribution in [1.29, 1.82) is 0 Å². The first-order chi connectivity index (χ1) is 10.8. The summed E-state index contributed by atoms with van der Waals surface area (Å²) in [4.78, 5) is 14.7. The fourth-order valence-electron chi connectivity index (χ4n) is 3.77. The SMILES string of the molecule is O=C(Cn1ncc2ccccc21)N1CCC[C@@]2(CCOC2)C1. The van der Waals surface area contributed by atoms with Crippen molar-refractivity contribution < 1.29 is 9.53 Å². The summed E-state index contributed by atoms with van der Waals surface area (Å²) in [6, 6.07) is 8.01. The summed E-state index contributed by atoms with van der Waals surface area (Å²) in [5, 5.41) is 5.44. The van der Waals surface area contributed by atoms with Crippen LogP contribution in [0.3, 0.4) is 0 Å². The van der Waals surface area contributed by atoms with Gasteiger partial charge in [0.1, 0.15) is 6.54 Å². The number of rotatable bonds is 2. The fourth-order valence-corrected chi connectivity index (χ4v) is 3.77. The van der Waals surface area contributed by atoms with Gasteiger partial charge in [0, 0.05) is 30.5 Å². The molecule has 0 aliphatic carbocycles. The van der Waals surface area contributed by atoms with Crippen LogP contribution in [0.1, 0.15) is 19.3 Å². The predicted molar refractivity (Wildman–Crippen MR) is 83.4 cm³/mol. The second-order valence-corrected chi connectivity index (χ2v) is 6.58. The zero-order valence-electron chi connectivity index (χ0n) is 12.7. The third kappa shape index (κ3) is 2.39. The Kier molecular flexibility index (Phi) is 3.37. The third-order valence-electron chi connectivity index (χ3n) is 5.04. The molecule has 1 atom stereocenters. The van der Waals surface area contributed by atoms with Crippen molar-refractivity contribution in [2.24, 2.45) is 5.41 Å². The summed E-state index contributed by atoms with van der Waals surface area (Å²) >= 11 is 0. The predicted octanol–water partition coefficient (Wildman–Crippen LogP) is 2.07. The summed E-state index contributed by atoms with van der Waals surface area (Å²) in [6.07, 6.45) is 5.17. The van der Waals surface area contributed by atoms with Gasteiger partial charge < -0.3 is 9.64 Å². The van der Waals surface area contributed by atoms with Crippen molar-refractivity contribution in [1.82, 2.24) is 14.7 Å². The summed E-state index contributed by atoms with van der Waals surface area (Å²) in [5.41, 5.74) is 1.23. The highest BCUT2D eigenvalue weighted by Gasteiger charge is 2.40. The number of hydrogen-bond acceptors (Lipinski definition) is 3. The van der Waals surface area contributed by atoms with E-state index in [1.54, 1.807) is 0 Å². The Labute approximate surface area is 129 Å². The van der Waals surface area contributed by atoms with E-state index in [1.807, 2.05) is 40.0 Å². The molecule has 3 heterocycles. The van der Waals surface area contributed by atoms with Crippen molar-refractivity contribution in [3.63, 3.8) is 0 Å². The number of carbonyl (C=O) groups is 1. The van der Waals surface area contributed by atoms with Crippen LogP contribution in [0.4, 0.5) is 0 Å². The molecule has 0 radical (unpaired) electrons. The standard InChI is InChI=1S/C17H21N3O2/c21-16(11-20-15-5-2-1-4-14(15)10-18-20)19-8-3-6-17(12-19)7-9-22-13-17/h1-2,4-5,10H,3,6-9,11-13H2/t17-/m1/s1. The molecule has 0 N–H and O–H groups in total. The van der Waals surface area contributed by atoms with E-state index < -0.39 is 0 Å². The maximum absolute atomic E-state index is 12.7. The Morgan fingerprint density at radius 1 is 1.32 bits per heavy atom. The fraction of sp³-hybridized carbons (Fsp3) is 0.529. The van der Waals surface area contributed by atoms with E-state index in [4.69, 9.17) is 4.74 Å². The van der Waals surface area contributed by atoms with Crippen LogP contribution in [0.15, 0.2) is 30.5 Å². The van der Waals surface area contributed by atoms with Crippen LogP contribution >= 0.6 is 0 Å². The highest BCUT2D eigenvalue weighted by Crippen LogP contribution is 2.37. The van der Waals surface area contributed by atoms with Crippen molar-refractivity contribution in [2.75, 3.05) is 26.3 Å². The van der Waals surface area contributed by atoms with Gasteiger partial charge in [0.25, 0.3) is 0 Å². The normalized spacial score (nSPS) is 25.2.